The molecule has 6 heteroatoms. The second-order valence-corrected chi connectivity index (χ2v) is 15.5. The fourth-order valence-corrected chi connectivity index (χ4v) is 10.6. The number of carbonyl (C=O) groups is 2. The Kier molecular flexibility index (Phi) is 9.68. The maximum atomic E-state index is 14.4. The molecular formula is C31H38O4P2. The van der Waals surface area contributed by atoms with E-state index in [1.807, 2.05) is 39.8 Å². The Labute approximate surface area is 221 Å². The highest BCUT2D eigenvalue weighted by Crippen LogP contribution is 2.52. The second kappa shape index (κ2) is 12.3. The smallest absolute Gasteiger partial charge is 0.226 e. The first kappa shape index (κ1) is 29.0. The quantitative estimate of drug-likeness (QED) is 0.221. The van der Waals surface area contributed by atoms with E-state index in [0.29, 0.717) is 51.3 Å². The Morgan fingerprint density at radius 1 is 0.622 bits per heavy atom. The largest absolute Gasteiger partial charge is 0.310 e. The van der Waals surface area contributed by atoms with Gasteiger partial charge < -0.3 is 9.13 Å². The number of unbranched alkanes of at least 4 members (excludes halogenated alkanes) is 2. The summed E-state index contributed by atoms with van der Waals surface area (Å²) in [4.78, 5) is 28.3. The highest BCUT2D eigenvalue weighted by molar-refractivity contribution is 7.88. The molecule has 0 fully saturated rings. The van der Waals surface area contributed by atoms with E-state index in [-0.39, 0.29) is 12.3 Å². The van der Waals surface area contributed by atoms with Crippen LogP contribution in [0.25, 0.3) is 0 Å². The van der Waals surface area contributed by atoms with Crippen LogP contribution in [0, 0.1) is 20.8 Å². The lowest BCUT2D eigenvalue weighted by Gasteiger charge is -2.24. The predicted molar refractivity (Wildman–Crippen MR) is 156 cm³/mol. The Morgan fingerprint density at radius 3 is 1.30 bits per heavy atom. The van der Waals surface area contributed by atoms with Crippen LogP contribution in [-0.4, -0.2) is 23.4 Å². The zero-order valence-corrected chi connectivity index (χ0v) is 24.4. The number of benzene rings is 3. The maximum absolute atomic E-state index is 14.4. The van der Waals surface area contributed by atoms with Crippen molar-refractivity contribution in [3.8, 4) is 0 Å². The first-order chi connectivity index (χ1) is 17.6. The van der Waals surface area contributed by atoms with Crippen LogP contribution in [-0.2, 0) is 9.13 Å². The molecule has 3 aromatic rings. The molecular weight excluding hydrogens is 498 g/mol. The molecule has 0 aliphatic rings. The third kappa shape index (κ3) is 5.82. The van der Waals surface area contributed by atoms with E-state index in [0.717, 1.165) is 12.8 Å². The monoisotopic (exact) mass is 536 g/mol. The number of aryl methyl sites for hydroxylation is 2. The van der Waals surface area contributed by atoms with Crippen LogP contribution in [0.3, 0.4) is 0 Å². The molecule has 0 bridgehead atoms. The van der Waals surface area contributed by atoms with Crippen molar-refractivity contribution in [3.63, 3.8) is 0 Å². The molecule has 3 aromatic carbocycles. The first-order valence-corrected chi connectivity index (χ1v) is 16.9. The van der Waals surface area contributed by atoms with Crippen molar-refractivity contribution in [1.29, 1.82) is 0 Å². The van der Waals surface area contributed by atoms with E-state index in [4.69, 9.17) is 0 Å². The van der Waals surface area contributed by atoms with Crippen molar-refractivity contribution in [1.82, 2.24) is 0 Å². The van der Waals surface area contributed by atoms with Gasteiger partial charge in [-0.1, -0.05) is 93.4 Å². The molecule has 2 unspecified atom stereocenters. The lowest BCUT2D eigenvalue weighted by molar-refractivity contribution is 0.107. The van der Waals surface area contributed by atoms with Crippen LogP contribution in [0.5, 0.6) is 0 Å². The number of rotatable bonds is 12. The molecule has 3 rings (SSSR count). The standard InChI is InChI=1S/C31H38O4P2/c1-6-8-20-36(34,26-16-12-10-13-17-26)30(32)28-23(3)22-24(4)29(25(28)5)31(33)37(35,21-9-7-2)27-18-14-11-15-19-27/h10-19,22H,6-9,20-21H2,1-5H3. The lowest BCUT2D eigenvalue weighted by Crippen LogP contribution is -2.21. The molecule has 0 aromatic heterocycles. The number of hydrogen-bond acceptors (Lipinski definition) is 4. The summed E-state index contributed by atoms with van der Waals surface area (Å²) in [6, 6.07) is 19.7. The Hall–Kier alpha value is -2.54. The summed E-state index contributed by atoms with van der Waals surface area (Å²) < 4.78 is 28.8. The molecule has 37 heavy (non-hydrogen) atoms. The van der Waals surface area contributed by atoms with Gasteiger partial charge in [0.25, 0.3) is 0 Å². The zero-order valence-electron chi connectivity index (χ0n) is 22.6. The molecule has 2 atom stereocenters. The van der Waals surface area contributed by atoms with Gasteiger partial charge in [0.2, 0.25) is 11.0 Å². The normalized spacial score (nSPS) is 14.5. The van der Waals surface area contributed by atoms with Gasteiger partial charge in [0.1, 0.15) is 0 Å². The Bertz CT molecular complexity index is 1260. The number of hydrogen-bond donors (Lipinski definition) is 0. The van der Waals surface area contributed by atoms with Gasteiger partial charge in [-0.2, -0.15) is 0 Å². The van der Waals surface area contributed by atoms with Crippen LogP contribution < -0.4 is 10.6 Å². The molecule has 4 nitrogen and oxygen atoms in total. The van der Waals surface area contributed by atoms with Gasteiger partial charge in [-0.15, -0.1) is 0 Å². The van der Waals surface area contributed by atoms with Crippen molar-refractivity contribution < 1.29 is 18.7 Å². The van der Waals surface area contributed by atoms with E-state index < -0.39 is 25.3 Å². The summed E-state index contributed by atoms with van der Waals surface area (Å²) in [5.74, 6) is 0. The predicted octanol–water partition coefficient (Wildman–Crippen LogP) is 7.87. The summed E-state index contributed by atoms with van der Waals surface area (Å²) in [6.45, 7) is 9.41. The third-order valence-corrected chi connectivity index (χ3v) is 13.0. The molecule has 0 aliphatic carbocycles. The van der Waals surface area contributed by atoms with Crippen molar-refractivity contribution in [3.05, 3.63) is 94.5 Å². The minimum atomic E-state index is -3.46. The average Bonchev–Trinajstić information content (AvgIpc) is 2.90. The molecule has 0 heterocycles. The lowest BCUT2D eigenvalue weighted by atomic mass is 9.94. The molecule has 0 saturated heterocycles. The van der Waals surface area contributed by atoms with E-state index >= 15 is 0 Å². The van der Waals surface area contributed by atoms with Gasteiger partial charge in [0, 0.05) is 34.1 Å². The molecule has 0 radical (unpaired) electrons. The molecule has 196 valence electrons. The van der Waals surface area contributed by atoms with Crippen molar-refractivity contribution >= 4 is 35.9 Å². The van der Waals surface area contributed by atoms with E-state index in [1.54, 1.807) is 61.5 Å². The van der Waals surface area contributed by atoms with E-state index in [9.17, 15) is 18.7 Å². The summed E-state index contributed by atoms with van der Waals surface area (Å²) in [7, 11) is -6.91. The van der Waals surface area contributed by atoms with Crippen LogP contribution in [0.1, 0.15) is 76.9 Å². The Balaban J connectivity index is 2.22. The van der Waals surface area contributed by atoms with Crippen LogP contribution in [0.15, 0.2) is 66.7 Å². The SMILES string of the molecule is CCCCP(=O)(C(=O)c1c(C)cc(C)c(C(=O)P(=O)(CCCC)c2ccccc2)c1C)c1ccccc1. The molecule has 0 aliphatic heterocycles. The summed E-state index contributed by atoms with van der Waals surface area (Å²) in [5.41, 5.74) is 1.67. The fraction of sp³-hybridized carbons (Fsp3) is 0.355. The third-order valence-electron chi connectivity index (χ3n) is 7.06. The minimum absolute atomic E-state index is 0.279. The Morgan fingerprint density at radius 2 is 0.973 bits per heavy atom. The molecule has 0 amide bonds. The van der Waals surface area contributed by atoms with Gasteiger partial charge in [-0.25, -0.2) is 0 Å². The van der Waals surface area contributed by atoms with E-state index in [1.165, 1.54) is 0 Å². The van der Waals surface area contributed by atoms with Crippen molar-refractivity contribution in [2.45, 2.75) is 60.3 Å². The van der Waals surface area contributed by atoms with Crippen molar-refractivity contribution in [2.75, 3.05) is 12.3 Å². The van der Waals surface area contributed by atoms with Crippen LogP contribution in [0.4, 0.5) is 0 Å². The average molecular weight is 537 g/mol. The summed E-state index contributed by atoms with van der Waals surface area (Å²) in [6.07, 6.45) is 3.51. The van der Waals surface area contributed by atoms with Gasteiger partial charge in [-0.3, -0.25) is 9.59 Å². The highest BCUT2D eigenvalue weighted by Gasteiger charge is 2.39. The number of carbonyl (C=O) groups excluding carboxylic acids is 2. The first-order valence-electron chi connectivity index (χ1n) is 13.1. The minimum Gasteiger partial charge on any atom is -0.310 e. The van der Waals surface area contributed by atoms with Gasteiger partial charge in [0.05, 0.1) is 0 Å². The van der Waals surface area contributed by atoms with Crippen LogP contribution in [0.2, 0.25) is 0 Å². The van der Waals surface area contributed by atoms with Gasteiger partial charge in [-0.05, 0) is 50.3 Å². The maximum Gasteiger partial charge on any atom is 0.226 e. The van der Waals surface area contributed by atoms with E-state index in [2.05, 4.69) is 0 Å². The highest BCUT2D eigenvalue weighted by atomic mass is 31.2. The molecule has 0 N–H and O–H groups in total. The van der Waals surface area contributed by atoms with Crippen LogP contribution >= 0.6 is 14.3 Å². The fourth-order valence-electron chi connectivity index (χ4n) is 5.00. The molecule has 0 saturated carbocycles. The topological polar surface area (TPSA) is 68.3 Å². The van der Waals surface area contributed by atoms with Crippen molar-refractivity contribution in [2.24, 2.45) is 0 Å². The zero-order chi connectivity index (χ0) is 27.2. The summed E-state index contributed by atoms with van der Waals surface area (Å²) >= 11 is 0. The van der Waals surface area contributed by atoms with Gasteiger partial charge >= 0.3 is 0 Å². The second-order valence-electron chi connectivity index (χ2n) is 9.80. The summed E-state index contributed by atoms with van der Waals surface area (Å²) in [5, 5.41) is 1.08. The van der Waals surface area contributed by atoms with Gasteiger partial charge in [0.15, 0.2) is 14.3 Å². The molecule has 0 spiro atoms.